The first-order valence-electron chi connectivity index (χ1n) is 9.23. The molecule has 0 unspecified atom stereocenters. The van der Waals surface area contributed by atoms with Crippen molar-refractivity contribution < 1.29 is 9.59 Å². The number of carbonyl (C=O) groups is 2. The van der Waals surface area contributed by atoms with Crippen molar-refractivity contribution in [3.8, 4) is 0 Å². The number of rotatable bonds is 7. The van der Waals surface area contributed by atoms with Crippen LogP contribution in [0.25, 0.3) is 0 Å². The predicted octanol–water partition coefficient (Wildman–Crippen LogP) is 3.23. The van der Waals surface area contributed by atoms with E-state index in [4.69, 9.17) is 0 Å². The number of benzene rings is 2. The normalized spacial score (nSPS) is 10.5. The van der Waals surface area contributed by atoms with Gasteiger partial charge in [-0.2, -0.15) is 5.10 Å². The molecule has 2 N–H and O–H groups in total. The average molecular weight is 376 g/mol. The Bertz CT molecular complexity index is 964. The summed E-state index contributed by atoms with van der Waals surface area (Å²) in [5.41, 5.74) is 3.56. The Morgan fingerprint density at radius 3 is 2.50 bits per heavy atom. The Kier molecular flexibility index (Phi) is 6.22. The lowest BCUT2D eigenvalue weighted by Gasteiger charge is -2.06. The van der Waals surface area contributed by atoms with E-state index in [1.807, 2.05) is 61.5 Å². The zero-order valence-corrected chi connectivity index (χ0v) is 16.1. The molecule has 0 aliphatic rings. The molecule has 28 heavy (non-hydrogen) atoms. The minimum absolute atomic E-state index is 0.112. The highest BCUT2D eigenvalue weighted by Crippen LogP contribution is 2.12. The minimum atomic E-state index is -0.274. The van der Waals surface area contributed by atoms with E-state index in [-0.39, 0.29) is 17.5 Å². The van der Waals surface area contributed by atoms with Gasteiger partial charge in [-0.1, -0.05) is 54.6 Å². The van der Waals surface area contributed by atoms with Crippen LogP contribution in [0.15, 0.2) is 60.7 Å². The van der Waals surface area contributed by atoms with E-state index in [0.717, 1.165) is 16.7 Å². The lowest BCUT2D eigenvalue weighted by molar-refractivity contribution is -0.116. The van der Waals surface area contributed by atoms with Gasteiger partial charge >= 0.3 is 0 Å². The molecule has 1 aromatic heterocycles. The molecule has 0 spiro atoms. The quantitative estimate of drug-likeness (QED) is 0.665. The maximum atomic E-state index is 12.4. The zero-order chi connectivity index (χ0) is 19.9. The molecule has 0 fully saturated rings. The molecule has 144 valence electrons. The molecule has 3 aromatic rings. The molecule has 2 amide bonds. The van der Waals surface area contributed by atoms with Crippen LogP contribution >= 0.6 is 0 Å². The second-order valence-corrected chi connectivity index (χ2v) is 6.68. The molecule has 3 rings (SSSR count). The topological polar surface area (TPSA) is 76.0 Å². The number of nitrogens with one attached hydrogen (secondary N) is 2. The fraction of sp³-hybridized carbons (Fsp3) is 0.227. The molecule has 2 aromatic carbocycles. The van der Waals surface area contributed by atoms with E-state index >= 15 is 0 Å². The first kappa shape index (κ1) is 19.4. The van der Waals surface area contributed by atoms with E-state index in [2.05, 4.69) is 15.7 Å². The third-order valence-corrected chi connectivity index (χ3v) is 4.56. The Morgan fingerprint density at radius 2 is 1.75 bits per heavy atom. The summed E-state index contributed by atoms with van der Waals surface area (Å²) >= 11 is 0. The molecular formula is C22H24N4O2. The van der Waals surface area contributed by atoms with Gasteiger partial charge in [-0.25, -0.2) is 0 Å². The van der Waals surface area contributed by atoms with Crippen molar-refractivity contribution in [2.75, 3.05) is 5.32 Å². The van der Waals surface area contributed by atoms with Crippen LogP contribution in [0, 0.1) is 6.92 Å². The summed E-state index contributed by atoms with van der Waals surface area (Å²) in [6.07, 6.45) is 1.03. The van der Waals surface area contributed by atoms with Gasteiger partial charge in [0.15, 0.2) is 5.69 Å². The number of carbonyl (C=O) groups excluding carboxylic acids is 2. The Morgan fingerprint density at radius 1 is 1.04 bits per heavy atom. The van der Waals surface area contributed by atoms with Crippen molar-refractivity contribution in [2.24, 2.45) is 7.05 Å². The fourth-order valence-electron chi connectivity index (χ4n) is 2.88. The SMILES string of the molecule is Cc1ccccc1CNC(=O)c1cc(NC(=O)CCc2ccccc2)n(C)n1. The largest absolute Gasteiger partial charge is 0.347 e. The second-order valence-electron chi connectivity index (χ2n) is 6.68. The summed E-state index contributed by atoms with van der Waals surface area (Å²) in [4.78, 5) is 24.6. The number of hydrogen-bond acceptors (Lipinski definition) is 3. The van der Waals surface area contributed by atoms with Gasteiger partial charge in [0, 0.05) is 26.1 Å². The second kappa shape index (κ2) is 8.99. The molecular weight excluding hydrogens is 352 g/mol. The summed E-state index contributed by atoms with van der Waals surface area (Å²) < 4.78 is 1.50. The van der Waals surface area contributed by atoms with Crippen LogP contribution in [0.5, 0.6) is 0 Å². The third-order valence-electron chi connectivity index (χ3n) is 4.56. The highest BCUT2D eigenvalue weighted by atomic mass is 16.2. The standard InChI is InChI=1S/C22H24N4O2/c1-16-8-6-7-11-18(16)15-23-22(28)19-14-20(26(2)25-19)24-21(27)13-12-17-9-4-3-5-10-17/h3-11,14H,12-13,15H2,1-2H3,(H,23,28)(H,24,27). The van der Waals surface area contributed by atoms with Crippen molar-refractivity contribution in [1.82, 2.24) is 15.1 Å². The monoisotopic (exact) mass is 376 g/mol. The first-order valence-corrected chi connectivity index (χ1v) is 9.23. The molecule has 0 saturated carbocycles. The van der Waals surface area contributed by atoms with E-state index in [1.165, 1.54) is 4.68 Å². The van der Waals surface area contributed by atoms with Crippen molar-refractivity contribution in [1.29, 1.82) is 0 Å². The molecule has 6 nitrogen and oxygen atoms in total. The number of aromatic nitrogens is 2. The highest BCUT2D eigenvalue weighted by molar-refractivity contribution is 5.95. The van der Waals surface area contributed by atoms with Crippen LogP contribution in [0.3, 0.4) is 0 Å². The maximum Gasteiger partial charge on any atom is 0.272 e. The third kappa shape index (κ3) is 5.07. The van der Waals surface area contributed by atoms with Crippen LogP contribution in [-0.2, 0) is 24.8 Å². The smallest absolute Gasteiger partial charge is 0.272 e. The Hall–Kier alpha value is -3.41. The Labute approximate surface area is 164 Å². The summed E-state index contributed by atoms with van der Waals surface area (Å²) in [5.74, 6) is 0.112. The molecule has 1 heterocycles. The van der Waals surface area contributed by atoms with E-state index < -0.39 is 0 Å². The van der Waals surface area contributed by atoms with E-state index in [9.17, 15) is 9.59 Å². The van der Waals surface area contributed by atoms with Gasteiger partial charge in [-0.3, -0.25) is 14.3 Å². The van der Waals surface area contributed by atoms with Crippen molar-refractivity contribution in [3.05, 3.63) is 83.0 Å². The summed E-state index contributed by atoms with van der Waals surface area (Å²) in [5, 5.41) is 9.90. The lowest BCUT2D eigenvalue weighted by Crippen LogP contribution is -2.23. The molecule has 0 radical (unpaired) electrons. The maximum absolute atomic E-state index is 12.4. The van der Waals surface area contributed by atoms with Crippen LogP contribution in [0.4, 0.5) is 5.82 Å². The van der Waals surface area contributed by atoms with Crippen LogP contribution in [0.2, 0.25) is 0 Å². The number of aryl methyl sites for hydroxylation is 3. The fourth-order valence-corrected chi connectivity index (χ4v) is 2.88. The average Bonchev–Trinajstić information content (AvgIpc) is 3.07. The van der Waals surface area contributed by atoms with Crippen molar-refractivity contribution >= 4 is 17.6 Å². The van der Waals surface area contributed by atoms with Gasteiger partial charge in [0.2, 0.25) is 5.91 Å². The van der Waals surface area contributed by atoms with Crippen molar-refractivity contribution in [2.45, 2.75) is 26.3 Å². The minimum Gasteiger partial charge on any atom is -0.347 e. The predicted molar refractivity (Wildman–Crippen MR) is 109 cm³/mol. The van der Waals surface area contributed by atoms with E-state index in [1.54, 1.807) is 13.1 Å². The van der Waals surface area contributed by atoms with Crippen LogP contribution in [-0.4, -0.2) is 21.6 Å². The molecule has 6 heteroatoms. The Balaban J connectivity index is 1.55. The zero-order valence-electron chi connectivity index (χ0n) is 16.1. The van der Waals surface area contributed by atoms with Gasteiger partial charge in [0.25, 0.3) is 5.91 Å². The molecule has 0 aliphatic heterocycles. The van der Waals surface area contributed by atoms with Gasteiger partial charge < -0.3 is 10.6 Å². The summed E-state index contributed by atoms with van der Waals surface area (Å²) in [6.45, 7) is 2.44. The van der Waals surface area contributed by atoms with Gasteiger partial charge in [0.05, 0.1) is 0 Å². The van der Waals surface area contributed by atoms with Gasteiger partial charge in [0.1, 0.15) is 5.82 Å². The summed E-state index contributed by atoms with van der Waals surface area (Å²) in [7, 11) is 1.70. The lowest BCUT2D eigenvalue weighted by atomic mass is 10.1. The number of hydrogen-bond donors (Lipinski definition) is 2. The first-order chi connectivity index (χ1) is 13.5. The highest BCUT2D eigenvalue weighted by Gasteiger charge is 2.14. The van der Waals surface area contributed by atoms with E-state index in [0.29, 0.717) is 25.2 Å². The van der Waals surface area contributed by atoms with Crippen LogP contribution < -0.4 is 10.6 Å². The van der Waals surface area contributed by atoms with Crippen LogP contribution in [0.1, 0.15) is 33.6 Å². The number of amides is 2. The van der Waals surface area contributed by atoms with Gasteiger partial charge in [-0.15, -0.1) is 0 Å². The molecule has 0 saturated heterocycles. The van der Waals surface area contributed by atoms with Crippen molar-refractivity contribution in [3.63, 3.8) is 0 Å². The number of anilines is 1. The van der Waals surface area contributed by atoms with Gasteiger partial charge in [-0.05, 0) is 30.0 Å². The molecule has 0 atom stereocenters. The molecule has 0 aliphatic carbocycles. The summed E-state index contributed by atoms with van der Waals surface area (Å²) in [6, 6.07) is 19.3. The molecule has 0 bridgehead atoms. The number of nitrogens with zero attached hydrogens (tertiary/aromatic N) is 2.